The van der Waals surface area contributed by atoms with Gasteiger partial charge in [-0.2, -0.15) is 5.26 Å². The molecular formula is C11H16N2O2. The van der Waals surface area contributed by atoms with Crippen molar-refractivity contribution in [3.63, 3.8) is 0 Å². The summed E-state index contributed by atoms with van der Waals surface area (Å²) in [5, 5.41) is 17.7. The Morgan fingerprint density at radius 3 is 2.87 bits per heavy atom. The Balaban J connectivity index is 2.38. The summed E-state index contributed by atoms with van der Waals surface area (Å²) < 4.78 is 5.24. The summed E-state index contributed by atoms with van der Waals surface area (Å²) in [5.74, 6) is 1.12. The zero-order chi connectivity index (χ0) is 11.3. The van der Waals surface area contributed by atoms with Crippen LogP contribution in [-0.2, 0) is 6.54 Å². The number of rotatable bonds is 5. The van der Waals surface area contributed by atoms with Gasteiger partial charge < -0.3 is 9.52 Å². The van der Waals surface area contributed by atoms with Gasteiger partial charge in [0.2, 0.25) is 5.76 Å². The second-order valence-electron chi connectivity index (χ2n) is 3.75. The van der Waals surface area contributed by atoms with Gasteiger partial charge in [-0.1, -0.05) is 0 Å². The number of hydrogen-bond donors (Lipinski definition) is 1. The zero-order valence-corrected chi connectivity index (χ0v) is 9.10. The van der Waals surface area contributed by atoms with Crippen LogP contribution in [0, 0.1) is 11.3 Å². The van der Waals surface area contributed by atoms with Crippen LogP contribution in [0.1, 0.15) is 24.9 Å². The highest BCUT2D eigenvalue weighted by atomic mass is 16.3. The molecule has 1 aromatic heterocycles. The quantitative estimate of drug-likeness (QED) is 0.793. The lowest BCUT2D eigenvalue weighted by Crippen LogP contribution is -2.21. The molecule has 1 rings (SSSR count). The average molecular weight is 208 g/mol. The van der Waals surface area contributed by atoms with Crippen molar-refractivity contribution in [1.82, 2.24) is 4.90 Å². The second-order valence-corrected chi connectivity index (χ2v) is 3.75. The minimum absolute atomic E-state index is 0.279. The van der Waals surface area contributed by atoms with Crippen LogP contribution in [0.5, 0.6) is 0 Å². The second kappa shape index (κ2) is 5.54. The highest BCUT2D eigenvalue weighted by Gasteiger charge is 2.06. The van der Waals surface area contributed by atoms with Crippen LogP contribution in [0.2, 0.25) is 0 Å². The first kappa shape index (κ1) is 11.8. The largest absolute Gasteiger partial charge is 0.449 e. The van der Waals surface area contributed by atoms with E-state index >= 15 is 0 Å². The van der Waals surface area contributed by atoms with Crippen molar-refractivity contribution in [3.8, 4) is 6.07 Å². The minimum Gasteiger partial charge on any atom is -0.449 e. The molecule has 0 saturated heterocycles. The first-order valence-electron chi connectivity index (χ1n) is 4.97. The van der Waals surface area contributed by atoms with Crippen LogP contribution in [0.4, 0.5) is 0 Å². The topological polar surface area (TPSA) is 60.4 Å². The number of aliphatic hydroxyl groups excluding tert-OH is 1. The Kier molecular flexibility index (Phi) is 4.35. The molecule has 1 aromatic rings. The maximum absolute atomic E-state index is 9.12. The monoisotopic (exact) mass is 208 g/mol. The van der Waals surface area contributed by atoms with E-state index in [-0.39, 0.29) is 6.10 Å². The van der Waals surface area contributed by atoms with E-state index in [2.05, 4.69) is 0 Å². The van der Waals surface area contributed by atoms with Crippen molar-refractivity contribution >= 4 is 0 Å². The molecular weight excluding hydrogens is 192 g/mol. The van der Waals surface area contributed by atoms with Gasteiger partial charge in [-0.25, -0.2) is 0 Å². The Morgan fingerprint density at radius 1 is 1.60 bits per heavy atom. The normalized spacial score (nSPS) is 12.7. The van der Waals surface area contributed by atoms with Gasteiger partial charge in [-0.05, 0) is 32.5 Å². The molecule has 0 aromatic carbocycles. The number of nitriles is 1. The number of hydrogen-bond acceptors (Lipinski definition) is 4. The molecule has 1 unspecified atom stereocenters. The highest BCUT2D eigenvalue weighted by molar-refractivity contribution is 5.18. The van der Waals surface area contributed by atoms with Gasteiger partial charge in [-0.3, -0.25) is 4.90 Å². The first-order chi connectivity index (χ1) is 7.11. The molecule has 4 nitrogen and oxygen atoms in total. The van der Waals surface area contributed by atoms with Gasteiger partial charge in [-0.15, -0.1) is 0 Å². The molecule has 0 aliphatic carbocycles. The lowest BCUT2D eigenvalue weighted by Gasteiger charge is -2.15. The number of furan rings is 1. The average Bonchev–Trinajstić information content (AvgIpc) is 2.62. The number of aliphatic hydroxyl groups is 1. The molecule has 15 heavy (non-hydrogen) atoms. The maximum Gasteiger partial charge on any atom is 0.203 e. The van der Waals surface area contributed by atoms with E-state index in [0.29, 0.717) is 12.3 Å². The third-order valence-electron chi connectivity index (χ3n) is 2.13. The summed E-state index contributed by atoms with van der Waals surface area (Å²) in [7, 11) is 1.96. The summed E-state index contributed by atoms with van der Waals surface area (Å²) in [6.07, 6.45) is 0.459. The maximum atomic E-state index is 9.12. The van der Waals surface area contributed by atoms with E-state index in [1.54, 1.807) is 19.1 Å². The van der Waals surface area contributed by atoms with Crippen molar-refractivity contribution < 1.29 is 9.52 Å². The van der Waals surface area contributed by atoms with Gasteiger partial charge >= 0.3 is 0 Å². The molecule has 1 atom stereocenters. The van der Waals surface area contributed by atoms with Crippen molar-refractivity contribution in [1.29, 1.82) is 5.26 Å². The lowest BCUT2D eigenvalue weighted by molar-refractivity contribution is 0.160. The van der Waals surface area contributed by atoms with Crippen LogP contribution in [-0.4, -0.2) is 29.7 Å². The van der Waals surface area contributed by atoms with Crippen molar-refractivity contribution in [2.24, 2.45) is 0 Å². The van der Waals surface area contributed by atoms with Crippen molar-refractivity contribution in [2.75, 3.05) is 13.6 Å². The SMILES string of the molecule is CC(O)CCN(C)Cc1ccc(C#N)o1. The van der Waals surface area contributed by atoms with Gasteiger partial charge in [0.25, 0.3) is 0 Å². The Hall–Kier alpha value is -1.31. The molecule has 0 aliphatic rings. The van der Waals surface area contributed by atoms with Crippen LogP contribution in [0.25, 0.3) is 0 Å². The summed E-state index contributed by atoms with van der Waals surface area (Å²) in [6, 6.07) is 5.41. The van der Waals surface area contributed by atoms with E-state index in [9.17, 15) is 0 Å². The molecule has 0 amide bonds. The molecule has 0 spiro atoms. The highest BCUT2D eigenvalue weighted by Crippen LogP contribution is 2.09. The first-order valence-corrected chi connectivity index (χ1v) is 4.97. The minimum atomic E-state index is -0.279. The molecule has 0 saturated carbocycles. The van der Waals surface area contributed by atoms with E-state index in [1.165, 1.54) is 0 Å². The molecule has 0 aliphatic heterocycles. The molecule has 0 radical (unpaired) electrons. The fourth-order valence-corrected chi connectivity index (χ4v) is 1.28. The molecule has 0 fully saturated rings. The van der Waals surface area contributed by atoms with Crippen molar-refractivity contribution in [2.45, 2.75) is 26.0 Å². The van der Waals surface area contributed by atoms with Gasteiger partial charge in [0.15, 0.2) is 0 Å². The van der Waals surface area contributed by atoms with Gasteiger partial charge in [0.05, 0.1) is 12.6 Å². The third-order valence-corrected chi connectivity index (χ3v) is 2.13. The van der Waals surface area contributed by atoms with Crippen molar-refractivity contribution in [3.05, 3.63) is 23.7 Å². The van der Waals surface area contributed by atoms with Crippen LogP contribution < -0.4 is 0 Å². The predicted molar refractivity (Wildman–Crippen MR) is 56.1 cm³/mol. The molecule has 0 bridgehead atoms. The van der Waals surface area contributed by atoms with Gasteiger partial charge in [0.1, 0.15) is 11.8 Å². The third kappa shape index (κ3) is 4.15. The Morgan fingerprint density at radius 2 is 2.33 bits per heavy atom. The summed E-state index contributed by atoms with van der Waals surface area (Å²) in [5.41, 5.74) is 0. The van der Waals surface area contributed by atoms with Crippen LogP contribution in [0.15, 0.2) is 16.5 Å². The Labute approximate surface area is 89.7 Å². The lowest BCUT2D eigenvalue weighted by atomic mass is 10.2. The standard InChI is InChI=1S/C11H16N2O2/c1-9(14)5-6-13(2)8-11-4-3-10(7-12)15-11/h3-4,9,14H,5-6,8H2,1-2H3. The van der Waals surface area contributed by atoms with E-state index in [4.69, 9.17) is 14.8 Å². The van der Waals surface area contributed by atoms with Crippen LogP contribution in [0.3, 0.4) is 0 Å². The van der Waals surface area contributed by atoms with Crippen LogP contribution >= 0.6 is 0 Å². The van der Waals surface area contributed by atoms with E-state index < -0.39 is 0 Å². The fourth-order valence-electron chi connectivity index (χ4n) is 1.28. The molecule has 82 valence electrons. The number of nitrogens with zero attached hydrogens (tertiary/aromatic N) is 2. The fraction of sp³-hybridized carbons (Fsp3) is 0.545. The summed E-state index contributed by atoms with van der Waals surface area (Å²) in [6.45, 7) is 3.24. The summed E-state index contributed by atoms with van der Waals surface area (Å²) in [4.78, 5) is 2.05. The molecule has 1 heterocycles. The predicted octanol–water partition coefficient (Wildman–Crippen LogP) is 1.35. The summed E-state index contributed by atoms with van der Waals surface area (Å²) >= 11 is 0. The molecule has 1 N–H and O–H groups in total. The van der Waals surface area contributed by atoms with Gasteiger partial charge in [0, 0.05) is 6.54 Å². The molecule has 4 heteroatoms. The van der Waals surface area contributed by atoms with E-state index in [1.807, 2.05) is 18.0 Å². The smallest absolute Gasteiger partial charge is 0.203 e. The zero-order valence-electron chi connectivity index (χ0n) is 9.10. The Bertz CT molecular complexity index is 339. The van der Waals surface area contributed by atoms with E-state index in [0.717, 1.165) is 18.7 Å².